The number of esters is 1. The van der Waals surface area contributed by atoms with Gasteiger partial charge in [0, 0.05) is 30.4 Å². The number of benzene rings is 6. The summed E-state index contributed by atoms with van der Waals surface area (Å²) in [6.07, 6.45) is -1.79. The van der Waals surface area contributed by atoms with Gasteiger partial charge in [-0.15, -0.1) is 47.6 Å². The number of aliphatic carboxylic acids is 1. The molecule has 0 saturated carbocycles. The van der Waals surface area contributed by atoms with E-state index in [1.807, 2.05) is 159 Å². The summed E-state index contributed by atoms with van der Waals surface area (Å²) in [4.78, 5) is 42.5. The number of hydrogen-bond donors (Lipinski definition) is 4. The van der Waals surface area contributed by atoms with Gasteiger partial charge in [0.15, 0.2) is 0 Å². The molecule has 0 bridgehead atoms. The second-order valence-corrected chi connectivity index (χ2v) is 35.6. The molecule has 0 amide bonds. The van der Waals surface area contributed by atoms with E-state index in [0.717, 1.165) is 51.3 Å². The van der Waals surface area contributed by atoms with Crippen molar-refractivity contribution >= 4 is 375 Å². The molecule has 6 heterocycles. The van der Waals surface area contributed by atoms with E-state index in [1.54, 1.807) is 67.9 Å². The van der Waals surface area contributed by atoms with Crippen molar-refractivity contribution in [3.63, 3.8) is 0 Å². The van der Waals surface area contributed by atoms with Crippen LogP contribution >= 0.6 is 58.7 Å². The summed E-state index contributed by atoms with van der Waals surface area (Å²) < 4.78 is 156. The molecule has 0 aliphatic carbocycles. The Balaban J connectivity index is -0.000000352. The fourth-order valence-electron chi connectivity index (χ4n) is 13.6. The molecule has 6 aromatic rings. The maximum absolute atomic E-state index is 14.0. The monoisotopic (exact) mass is 2780 g/mol. The SMILES string of the molecule is C.CC#N.CC(=O)CCO[P@@](=O)(OC[C@H]1O[CH-]CC1O)OC1C[CH-]O[C@@H]1CO.CCOC(=O)CCO.CC[C@H]1O[CH-]CC1O[P+](=O)OC[C@H]1O[CH-]CC1OC(c1ccccc1)(c1ccc(OC)cc1)c1ccc(OC)cc1.CC[C@H]1O[CH-]CC1O[P@@](=O)(OCCC(C)=O)OC[C@H]1O[CH-]CC1OC(c1ccccc1)(c1ccc(OC)cc1)c1ccc(OC)cc1.O=C(O)C(Cl)(Cl)Cl.[Ba+2].[Ba+2].[Ba+2].[Ba+2].[Ba+2].[Ba+2].[H-].[H-].[H-].[H-].[H-].[H-]. The number of phosphoric acid groups is 2. The Labute approximate surface area is 1070 Å². The topological polar surface area (TPSA) is 418 Å². The minimum absolute atomic E-state index is 0. The van der Waals surface area contributed by atoms with Gasteiger partial charge in [0.2, 0.25) is 0 Å². The first-order valence-corrected chi connectivity index (χ1v) is 47.1. The number of phosphoric ester groups is 2. The summed E-state index contributed by atoms with van der Waals surface area (Å²) in [6.45, 7) is 19.0. The van der Waals surface area contributed by atoms with Crippen LogP contribution in [0.1, 0.15) is 162 Å². The predicted molar refractivity (Wildman–Crippen MR) is 524 cm³/mol. The van der Waals surface area contributed by atoms with Gasteiger partial charge in [-0.05, 0) is 116 Å². The number of aliphatic hydroxyl groups is 3. The van der Waals surface area contributed by atoms with Crippen LogP contribution in [0.15, 0.2) is 158 Å². The summed E-state index contributed by atoms with van der Waals surface area (Å²) in [6, 6.07) is 53.0. The standard InChI is InChI=1S/C36H43O10P.C32H36O8P.C14H23O9P.C5H10O3.C2HCl3O2.C2H3N.CH4.6Ba.6H/c1-5-32-34(21-23-41-32)46-47(38,43-24-19-26(2)37)44-25-35-33(20-22-42-35)45-36(27-9-7-6-8-10-27,28-11-15-30(39-3)16-12-28)29-13-17-31(40-4)18-14-29;1-4-28-30(19-21-36-28)40-41(33)38-22-31-29(18-20-37-31)39-32(23-8-6-5-7-9-23,24-10-14-26(34-2)15-11-24)25-12-16-27(35-3)17-13-25;1-10(16)2-7-21-24(18,22-9-14-11(17)3-5-20-14)23-12-4-6-19-13(12)8-15;1-2-8-5(7)3-4-6;3-2(4,5)1(6)7;1-2-3;;;;;;;;;;;;;/h6-18,22-23,32-35H,5,19-21,24-25H2,1-4H3;5-17,20-21,28-31H,4,18-19,22H2,1-3H3;5-6,11-15,17H,2-4,7-9H2,1H3;6H,2-4H2,1H3;(H,6,7);1H3;1H4;;;;;;;;;;;;/q-2;-1;-2;;;;;6*+2;6*-1/t32-,33?,34?,35-,47+;28-,29?,30?,31-;11?,12?,13-,14-,24+;;;;;;;;;;;;;;;;/m111................/s1. The zero-order chi connectivity index (χ0) is 94.7. The smallest absolute Gasteiger partial charge is 1.00 e. The minimum Gasteiger partial charge on any atom is -1.00 e. The number of ketones is 2. The Morgan fingerprint density at radius 3 is 1.10 bits per heavy atom. The molecular formula is C92H126Ba6Cl3NO32P3+. The molecule has 33 nitrogen and oxygen atoms in total. The van der Waals surface area contributed by atoms with Crippen molar-refractivity contribution in [1.29, 1.82) is 5.26 Å². The van der Waals surface area contributed by atoms with Gasteiger partial charge in [0.25, 0.3) is 3.79 Å². The molecule has 6 aromatic carbocycles. The Bertz CT molecular complexity index is 4440. The number of methoxy groups -OCH3 is 4. The second kappa shape index (κ2) is 75.2. The van der Waals surface area contributed by atoms with Crippen LogP contribution in [0.2, 0.25) is 0 Å². The molecule has 7 unspecified atom stereocenters. The fraction of sp³-hybridized carbons (Fsp3) is 0.489. The maximum atomic E-state index is 14.0. The molecule has 0 spiro atoms. The number of halogens is 3. The van der Waals surface area contributed by atoms with Crippen LogP contribution in [0, 0.1) is 51.0 Å². The van der Waals surface area contributed by atoms with Crippen molar-refractivity contribution in [2.45, 2.75) is 208 Å². The van der Waals surface area contributed by atoms with E-state index < -0.39 is 99.8 Å². The summed E-state index contributed by atoms with van der Waals surface area (Å²) in [7, 11) is -3.97. The van der Waals surface area contributed by atoms with Crippen molar-refractivity contribution in [2.75, 3.05) is 81.3 Å². The Hall–Kier alpha value is 2.39. The van der Waals surface area contributed by atoms with Gasteiger partial charge >= 0.3 is 329 Å². The molecule has 4 N–H and O–H groups in total. The molecule has 6 aliphatic heterocycles. The zero-order valence-electron chi connectivity index (χ0n) is 84.2. The average Bonchev–Trinajstić information content (AvgIpc) is 1.53. The van der Waals surface area contributed by atoms with Gasteiger partial charge in [0.1, 0.15) is 58.5 Å². The molecule has 738 valence electrons. The Morgan fingerprint density at radius 1 is 0.474 bits per heavy atom. The number of ether oxygens (including phenoxy) is 13. The van der Waals surface area contributed by atoms with E-state index in [0.29, 0.717) is 63.1 Å². The van der Waals surface area contributed by atoms with Crippen molar-refractivity contribution in [2.24, 2.45) is 0 Å². The molecule has 6 saturated heterocycles. The third-order valence-corrected chi connectivity index (χ3v) is 24.5. The van der Waals surface area contributed by atoms with Crippen molar-refractivity contribution in [3.8, 4) is 29.1 Å². The third-order valence-electron chi connectivity index (χ3n) is 20.3. The number of carbonyl (C=O) groups excluding carboxylic acids is 3. The van der Waals surface area contributed by atoms with Gasteiger partial charge in [-0.2, -0.15) is 5.26 Å². The minimum atomic E-state index is -4.13. The molecule has 45 heteroatoms. The van der Waals surface area contributed by atoms with Crippen LogP contribution in [0.3, 0.4) is 0 Å². The zero-order valence-corrected chi connectivity index (χ0v) is 110. The number of alkyl halides is 3. The maximum Gasteiger partial charge on any atom is 2.00 e. The second-order valence-electron chi connectivity index (χ2n) is 29.2. The number of hydrogen-bond acceptors (Lipinski definition) is 32. The number of carboxylic acid groups (broad SMARTS) is 1. The first-order valence-electron chi connectivity index (χ1n) is 41.9. The molecule has 137 heavy (non-hydrogen) atoms. The quantitative estimate of drug-likeness (QED) is 0.00690. The summed E-state index contributed by atoms with van der Waals surface area (Å²) in [5.74, 6) is 0.888. The van der Waals surface area contributed by atoms with Gasteiger partial charge < -0.3 is 90.6 Å². The number of Topliss-reactive ketones (excluding diaryl/α,β-unsaturated/α-hetero) is 2. The van der Waals surface area contributed by atoms with E-state index in [4.69, 9.17) is 143 Å². The summed E-state index contributed by atoms with van der Waals surface area (Å²) in [5, 5.41) is 42.2. The normalized spacial score (nSPS) is 21.5. The number of carboxylic acids is 1. The Morgan fingerprint density at radius 2 is 0.781 bits per heavy atom. The number of nitriles is 1. The van der Waals surface area contributed by atoms with Crippen LogP contribution in [0.25, 0.3) is 0 Å². The summed E-state index contributed by atoms with van der Waals surface area (Å²) >= 11 is 14.4. The van der Waals surface area contributed by atoms with Gasteiger partial charge in [-0.1, -0.05) is 165 Å². The number of rotatable bonds is 43. The molecule has 6 aliphatic rings. The van der Waals surface area contributed by atoms with E-state index in [1.165, 1.54) is 34.0 Å². The molecule has 0 radical (unpaired) electrons. The third kappa shape index (κ3) is 46.5. The van der Waals surface area contributed by atoms with Crippen molar-refractivity contribution < 1.29 is 160 Å². The number of aliphatic hydroxyl groups excluding tert-OH is 3. The molecular weight excluding hydrogens is 2650 g/mol. The molecule has 15 atom stereocenters. The van der Waals surface area contributed by atoms with E-state index in [-0.39, 0.29) is 411 Å². The average molecular weight is 2780 g/mol. The fourth-order valence-corrected chi connectivity index (χ4v) is 17.1. The molecule has 6 fully saturated rings. The van der Waals surface area contributed by atoms with Gasteiger partial charge in [0.05, 0.1) is 148 Å². The van der Waals surface area contributed by atoms with Crippen molar-refractivity contribution in [1.82, 2.24) is 0 Å². The largest absolute Gasteiger partial charge is 2.00 e. The van der Waals surface area contributed by atoms with Crippen LogP contribution in [0.5, 0.6) is 23.0 Å². The van der Waals surface area contributed by atoms with Gasteiger partial charge in [-0.3, -0.25) is 41.5 Å². The van der Waals surface area contributed by atoms with Crippen LogP contribution in [0.4, 0.5) is 0 Å². The van der Waals surface area contributed by atoms with Crippen LogP contribution in [-0.4, -0.2) is 496 Å². The number of carbonyl (C=O) groups is 4. The Kier molecular flexibility index (Phi) is 76.5. The summed E-state index contributed by atoms with van der Waals surface area (Å²) in [5.41, 5.74) is 3.31. The van der Waals surface area contributed by atoms with E-state index in [2.05, 4.69) is 16.9 Å². The van der Waals surface area contributed by atoms with Crippen LogP contribution in [-0.2, 0) is 123 Å². The van der Waals surface area contributed by atoms with Crippen molar-refractivity contribution in [3.05, 3.63) is 231 Å². The number of nitrogens with zero attached hydrogens (tertiary/aromatic N) is 1. The molecule has 0 aromatic heterocycles. The first-order chi connectivity index (χ1) is 62.5. The van der Waals surface area contributed by atoms with Crippen LogP contribution < -0.4 is 18.9 Å². The van der Waals surface area contributed by atoms with E-state index in [9.17, 15) is 43.1 Å². The van der Waals surface area contributed by atoms with E-state index >= 15 is 0 Å². The first kappa shape index (κ1) is 139. The van der Waals surface area contributed by atoms with Gasteiger partial charge in [-0.25, -0.2) is 53.6 Å². The predicted octanol–water partition coefficient (Wildman–Crippen LogP) is 15.6. The molecule has 12 rings (SSSR count).